The van der Waals surface area contributed by atoms with Crippen LogP contribution in [0.3, 0.4) is 0 Å². The minimum absolute atomic E-state index is 0.0424. The number of aliphatic hydroxyl groups is 3. The fourth-order valence-corrected chi connectivity index (χ4v) is 1.38. The molecular formula is C8H15NO6. The Morgan fingerprint density at radius 1 is 1.40 bits per heavy atom. The normalized spacial score (nSPS) is 39.4. The van der Waals surface area contributed by atoms with Gasteiger partial charge in [0.05, 0.1) is 6.61 Å². The minimum atomic E-state index is -1.28. The molecule has 0 saturated carbocycles. The van der Waals surface area contributed by atoms with Gasteiger partial charge in [-0.3, -0.25) is 0 Å². The van der Waals surface area contributed by atoms with E-state index in [9.17, 15) is 10.2 Å². The zero-order valence-corrected chi connectivity index (χ0v) is 8.53. The second kappa shape index (κ2) is 5.38. The van der Waals surface area contributed by atoms with Crippen molar-refractivity contribution in [2.24, 2.45) is 5.16 Å². The number of methoxy groups -OCH3 is 1. The smallest absolute Gasteiger partial charge is 0.186 e. The van der Waals surface area contributed by atoms with Crippen LogP contribution in [0.4, 0.5) is 0 Å². The molecule has 0 radical (unpaired) electrons. The van der Waals surface area contributed by atoms with Crippen LogP contribution in [0.15, 0.2) is 5.16 Å². The van der Waals surface area contributed by atoms with Gasteiger partial charge in [-0.25, -0.2) is 0 Å². The Kier molecular flexibility index (Phi) is 4.43. The largest absolute Gasteiger partial charge is 0.399 e. The predicted molar refractivity (Wildman–Crippen MR) is 49.2 cm³/mol. The number of aliphatic hydroxyl groups excluding tert-OH is 3. The van der Waals surface area contributed by atoms with Gasteiger partial charge in [0.15, 0.2) is 6.29 Å². The zero-order chi connectivity index (χ0) is 11.4. The molecule has 4 atom stereocenters. The van der Waals surface area contributed by atoms with Gasteiger partial charge in [-0.1, -0.05) is 5.16 Å². The first-order valence-corrected chi connectivity index (χ1v) is 4.41. The molecule has 0 aromatic carbocycles. The van der Waals surface area contributed by atoms with Crippen LogP contribution in [0.25, 0.3) is 0 Å². The maximum Gasteiger partial charge on any atom is 0.186 e. The first kappa shape index (κ1) is 12.3. The van der Waals surface area contributed by atoms with Crippen LogP contribution in [0, 0.1) is 0 Å². The van der Waals surface area contributed by atoms with Crippen LogP contribution in [-0.4, -0.2) is 66.5 Å². The van der Waals surface area contributed by atoms with Crippen molar-refractivity contribution < 1.29 is 29.6 Å². The summed E-state index contributed by atoms with van der Waals surface area (Å²) < 4.78 is 9.93. The van der Waals surface area contributed by atoms with Gasteiger partial charge in [0, 0.05) is 7.11 Å². The third-order valence-corrected chi connectivity index (χ3v) is 2.13. The van der Waals surface area contributed by atoms with Crippen molar-refractivity contribution in [3.8, 4) is 0 Å². The Bertz CT molecular complexity index is 229. The summed E-state index contributed by atoms with van der Waals surface area (Å²) >= 11 is 0. The van der Waals surface area contributed by atoms with Crippen LogP contribution in [0.5, 0.6) is 0 Å². The summed E-state index contributed by atoms with van der Waals surface area (Å²) in [5, 5.41) is 31.7. The average molecular weight is 221 g/mol. The molecule has 1 heterocycles. The number of ether oxygens (including phenoxy) is 2. The molecule has 7 nitrogen and oxygen atoms in total. The topological polar surface area (TPSA) is 101 Å². The number of nitrogens with zero attached hydrogens (tertiary/aromatic N) is 1. The van der Waals surface area contributed by atoms with Gasteiger partial charge in [0.25, 0.3) is 0 Å². The van der Waals surface area contributed by atoms with Crippen LogP contribution >= 0.6 is 0 Å². The van der Waals surface area contributed by atoms with E-state index in [0.717, 1.165) is 0 Å². The Balaban J connectivity index is 2.84. The van der Waals surface area contributed by atoms with E-state index in [2.05, 4.69) is 9.99 Å². The van der Waals surface area contributed by atoms with Crippen molar-refractivity contribution in [3.63, 3.8) is 0 Å². The maximum atomic E-state index is 9.64. The van der Waals surface area contributed by atoms with Crippen LogP contribution in [0.1, 0.15) is 0 Å². The van der Waals surface area contributed by atoms with Crippen molar-refractivity contribution in [1.82, 2.24) is 0 Å². The minimum Gasteiger partial charge on any atom is -0.399 e. The maximum absolute atomic E-state index is 9.64. The van der Waals surface area contributed by atoms with Gasteiger partial charge in [-0.2, -0.15) is 0 Å². The van der Waals surface area contributed by atoms with E-state index in [4.69, 9.17) is 14.6 Å². The first-order valence-electron chi connectivity index (χ1n) is 4.41. The molecule has 1 aliphatic heterocycles. The summed E-state index contributed by atoms with van der Waals surface area (Å²) in [5.74, 6) is 0. The molecule has 0 aliphatic carbocycles. The monoisotopic (exact) mass is 221 g/mol. The summed E-state index contributed by atoms with van der Waals surface area (Å²) in [7, 11) is 2.62. The van der Waals surface area contributed by atoms with Crippen molar-refractivity contribution >= 4 is 5.71 Å². The molecule has 1 aliphatic rings. The predicted octanol–water partition coefficient (Wildman–Crippen LogP) is -1.93. The lowest BCUT2D eigenvalue weighted by Crippen LogP contribution is -2.56. The van der Waals surface area contributed by atoms with Gasteiger partial charge in [-0.05, 0) is 0 Å². The lowest BCUT2D eigenvalue weighted by molar-refractivity contribution is -0.225. The Morgan fingerprint density at radius 3 is 2.53 bits per heavy atom. The molecule has 88 valence electrons. The molecular weight excluding hydrogens is 206 g/mol. The lowest BCUT2D eigenvalue weighted by atomic mass is 10.0. The summed E-state index contributed by atoms with van der Waals surface area (Å²) in [6.45, 7) is -0.383. The molecule has 0 aromatic heterocycles. The average Bonchev–Trinajstić information content (AvgIpc) is 2.25. The van der Waals surface area contributed by atoms with Crippen molar-refractivity contribution in [2.75, 3.05) is 20.8 Å². The Hall–Kier alpha value is -0.730. The SMILES string of the molecule is CO/N=C1\[C@@H](CO)O[C@H](OC)[C@H](O)[C@H]1O. The molecule has 0 unspecified atom stereocenters. The van der Waals surface area contributed by atoms with Gasteiger partial charge >= 0.3 is 0 Å². The number of rotatable bonds is 3. The highest BCUT2D eigenvalue weighted by atomic mass is 16.7. The highest BCUT2D eigenvalue weighted by Crippen LogP contribution is 2.19. The van der Waals surface area contributed by atoms with Crippen molar-refractivity contribution in [2.45, 2.75) is 24.6 Å². The molecule has 0 amide bonds. The standard InChI is InChI=1S/C8H15NO6/c1-13-8-7(12)6(11)5(9-14-2)4(3-10)15-8/h4,6-8,10-12H,3H2,1-2H3/b9-5+/t4-,6+,7-,8+/m1/s1. The molecule has 0 bridgehead atoms. The third-order valence-electron chi connectivity index (χ3n) is 2.13. The third kappa shape index (κ3) is 2.44. The molecule has 7 heteroatoms. The van der Waals surface area contributed by atoms with Crippen LogP contribution in [0.2, 0.25) is 0 Å². The molecule has 15 heavy (non-hydrogen) atoms. The fraction of sp³-hybridized carbons (Fsp3) is 0.875. The van der Waals surface area contributed by atoms with Gasteiger partial charge in [0.1, 0.15) is 31.1 Å². The zero-order valence-electron chi connectivity index (χ0n) is 8.53. The lowest BCUT2D eigenvalue weighted by Gasteiger charge is -2.35. The van der Waals surface area contributed by atoms with E-state index in [1.54, 1.807) is 0 Å². The molecule has 1 saturated heterocycles. The Labute approximate surface area is 86.9 Å². The van der Waals surface area contributed by atoms with E-state index in [1.807, 2.05) is 0 Å². The van der Waals surface area contributed by atoms with Gasteiger partial charge in [-0.15, -0.1) is 0 Å². The van der Waals surface area contributed by atoms with E-state index >= 15 is 0 Å². The van der Waals surface area contributed by atoms with Gasteiger partial charge in [0.2, 0.25) is 0 Å². The van der Waals surface area contributed by atoms with E-state index in [1.165, 1.54) is 14.2 Å². The second-order valence-electron chi connectivity index (χ2n) is 3.05. The summed E-state index contributed by atoms with van der Waals surface area (Å²) in [6.07, 6.45) is -4.37. The van der Waals surface area contributed by atoms with Crippen LogP contribution in [-0.2, 0) is 14.3 Å². The number of hydrogen-bond donors (Lipinski definition) is 3. The molecule has 1 rings (SSSR count). The van der Waals surface area contributed by atoms with E-state index in [-0.39, 0.29) is 12.3 Å². The molecule has 1 fully saturated rings. The second-order valence-corrected chi connectivity index (χ2v) is 3.05. The highest BCUT2D eigenvalue weighted by molar-refractivity contribution is 5.93. The molecule has 0 aromatic rings. The summed E-state index contributed by atoms with van der Waals surface area (Å²) in [4.78, 5) is 4.49. The van der Waals surface area contributed by atoms with E-state index < -0.39 is 24.6 Å². The van der Waals surface area contributed by atoms with Crippen molar-refractivity contribution in [3.05, 3.63) is 0 Å². The number of oxime groups is 1. The highest BCUT2D eigenvalue weighted by Gasteiger charge is 2.42. The number of hydrogen-bond acceptors (Lipinski definition) is 7. The quantitative estimate of drug-likeness (QED) is 0.480. The van der Waals surface area contributed by atoms with Crippen molar-refractivity contribution in [1.29, 1.82) is 0 Å². The summed E-state index contributed by atoms with van der Waals surface area (Å²) in [5.41, 5.74) is 0.0424. The fourth-order valence-electron chi connectivity index (χ4n) is 1.38. The first-order chi connectivity index (χ1) is 7.15. The Morgan fingerprint density at radius 2 is 2.07 bits per heavy atom. The van der Waals surface area contributed by atoms with Crippen LogP contribution < -0.4 is 0 Å². The molecule has 0 spiro atoms. The van der Waals surface area contributed by atoms with Gasteiger partial charge < -0.3 is 29.6 Å². The molecule has 3 N–H and O–H groups in total. The van der Waals surface area contributed by atoms with E-state index in [0.29, 0.717) is 0 Å². The summed E-state index contributed by atoms with van der Waals surface area (Å²) in [6, 6.07) is 0.